The number of hydrogen-bond acceptors (Lipinski definition) is 4. The summed E-state index contributed by atoms with van der Waals surface area (Å²) >= 11 is 1.99. The summed E-state index contributed by atoms with van der Waals surface area (Å²) in [5.41, 5.74) is 5.18. The maximum Gasteiger partial charge on any atom is 0.217 e. The van der Waals surface area contributed by atoms with E-state index in [4.69, 9.17) is 5.73 Å². The van der Waals surface area contributed by atoms with Gasteiger partial charge in [0.2, 0.25) is 5.91 Å². The maximum atomic E-state index is 10.8. The molecule has 3 N–H and O–H groups in total. The van der Waals surface area contributed by atoms with E-state index in [2.05, 4.69) is 13.8 Å². The number of carbonyl (C=O) groups excluding carboxylic acids is 1. The number of hydroxylamine groups is 2. The highest BCUT2D eigenvalue weighted by atomic mass is 32.2. The Morgan fingerprint density at radius 1 is 1.40 bits per heavy atom. The molecule has 1 aliphatic heterocycles. The average Bonchev–Trinajstić information content (AvgIpc) is 2.80. The van der Waals surface area contributed by atoms with Crippen molar-refractivity contribution in [2.24, 2.45) is 17.6 Å². The number of nitrogens with two attached hydrogens (primary N) is 1. The number of primary amides is 1. The fourth-order valence-corrected chi connectivity index (χ4v) is 5.26. The molecule has 0 bridgehead atoms. The molecule has 1 rings (SSSR count). The van der Waals surface area contributed by atoms with Crippen LogP contribution in [0, 0.1) is 11.8 Å². The van der Waals surface area contributed by atoms with Gasteiger partial charge in [-0.05, 0) is 24.7 Å². The van der Waals surface area contributed by atoms with Crippen LogP contribution in [0.2, 0.25) is 0 Å². The van der Waals surface area contributed by atoms with Gasteiger partial charge < -0.3 is 10.9 Å². The van der Waals surface area contributed by atoms with Gasteiger partial charge in [-0.1, -0.05) is 33.1 Å². The maximum absolute atomic E-state index is 10.8. The monoisotopic (exact) mass is 302 g/mol. The van der Waals surface area contributed by atoms with Crippen molar-refractivity contribution in [2.75, 3.05) is 12.8 Å². The summed E-state index contributed by atoms with van der Waals surface area (Å²) in [5.74, 6) is 2.03. The van der Waals surface area contributed by atoms with Crippen molar-refractivity contribution >= 4 is 17.7 Å². The molecule has 3 unspecified atom stereocenters. The molecule has 1 saturated heterocycles. The summed E-state index contributed by atoms with van der Waals surface area (Å²) in [5, 5.41) is 11.9. The van der Waals surface area contributed by atoms with E-state index in [0.29, 0.717) is 23.5 Å². The standard InChI is InChI=1S/C15H30N2O2S/c1-4-11(5-2)15-12(17(3)19)10-20-13(15)8-6-7-9-14(16)18/h11-13,15,19H,4-10H2,1-3H3,(H2,16,18). The Hall–Kier alpha value is -0.260. The van der Waals surface area contributed by atoms with Crippen LogP contribution in [0.4, 0.5) is 0 Å². The predicted molar refractivity (Wildman–Crippen MR) is 84.8 cm³/mol. The second-order valence-corrected chi connectivity index (χ2v) is 7.15. The van der Waals surface area contributed by atoms with Crippen LogP contribution in [-0.2, 0) is 4.79 Å². The highest BCUT2D eigenvalue weighted by Crippen LogP contribution is 2.43. The van der Waals surface area contributed by atoms with E-state index in [0.717, 1.165) is 25.0 Å². The van der Waals surface area contributed by atoms with Gasteiger partial charge >= 0.3 is 0 Å². The number of hydrogen-bond donors (Lipinski definition) is 2. The Morgan fingerprint density at radius 2 is 2.05 bits per heavy atom. The second kappa shape index (κ2) is 8.90. The molecule has 0 radical (unpaired) electrons. The lowest BCUT2D eigenvalue weighted by molar-refractivity contribution is -0.118. The van der Waals surface area contributed by atoms with Crippen molar-refractivity contribution in [3.05, 3.63) is 0 Å². The first-order valence-electron chi connectivity index (χ1n) is 7.82. The molecule has 20 heavy (non-hydrogen) atoms. The number of rotatable bonds is 9. The average molecular weight is 302 g/mol. The van der Waals surface area contributed by atoms with Gasteiger partial charge in [0.1, 0.15) is 0 Å². The van der Waals surface area contributed by atoms with Crippen molar-refractivity contribution in [3.8, 4) is 0 Å². The van der Waals surface area contributed by atoms with Gasteiger partial charge in [-0.2, -0.15) is 16.8 Å². The molecular weight excluding hydrogens is 272 g/mol. The topological polar surface area (TPSA) is 66.6 Å². The van der Waals surface area contributed by atoms with Crippen LogP contribution in [0.25, 0.3) is 0 Å². The van der Waals surface area contributed by atoms with Crippen LogP contribution in [0.1, 0.15) is 52.4 Å². The summed E-state index contributed by atoms with van der Waals surface area (Å²) in [6.45, 7) is 4.49. The van der Waals surface area contributed by atoms with Crippen LogP contribution in [0.3, 0.4) is 0 Å². The third-order valence-corrected chi connectivity index (χ3v) is 6.10. The van der Waals surface area contributed by atoms with Gasteiger partial charge in [-0.3, -0.25) is 4.79 Å². The Kier molecular flexibility index (Phi) is 7.92. The Balaban J connectivity index is 2.56. The van der Waals surface area contributed by atoms with Gasteiger partial charge in [0.05, 0.1) is 0 Å². The lowest BCUT2D eigenvalue weighted by Crippen LogP contribution is -2.40. The number of nitrogens with zero attached hydrogens (tertiary/aromatic N) is 1. The Labute approximate surface area is 127 Å². The van der Waals surface area contributed by atoms with E-state index in [-0.39, 0.29) is 11.9 Å². The van der Waals surface area contributed by atoms with E-state index < -0.39 is 0 Å². The van der Waals surface area contributed by atoms with Crippen molar-refractivity contribution in [2.45, 2.75) is 63.7 Å². The number of carbonyl (C=O) groups is 1. The minimum Gasteiger partial charge on any atom is -0.370 e. The summed E-state index contributed by atoms with van der Waals surface area (Å²) in [6, 6.07) is 0.269. The SMILES string of the molecule is CCC(CC)C1C(CCCCC(N)=O)SCC1N(C)O. The van der Waals surface area contributed by atoms with Gasteiger partial charge in [-0.15, -0.1) is 0 Å². The lowest BCUT2D eigenvalue weighted by atomic mass is 9.79. The molecule has 0 aliphatic carbocycles. The molecular formula is C15H30N2O2S. The zero-order chi connectivity index (χ0) is 15.1. The van der Waals surface area contributed by atoms with Gasteiger partial charge in [-0.25, -0.2) is 0 Å². The number of unbranched alkanes of at least 4 members (excludes halogenated alkanes) is 1. The molecule has 4 nitrogen and oxygen atoms in total. The lowest BCUT2D eigenvalue weighted by Gasteiger charge is -2.33. The molecule has 0 saturated carbocycles. The molecule has 1 aliphatic rings. The van der Waals surface area contributed by atoms with E-state index in [9.17, 15) is 10.0 Å². The zero-order valence-electron chi connectivity index (χ0n) is 13.0. The predicted octanol–water partition coefficient (Wildman–Crippen LogP) is 2.89. The third kappa shape index (κ3) is 4.93. The Bertz CT molecular complexity index is 296. The number of amides is 1. The van der Waals surface area contributed by atoms with Crippen molar-refractivity contribution < 1.29 is 10.0 Å². The van der Waals surface area contributed by atoms with Crippen LogP contribution < -0.4 is 5.73 Å². The van der Waals surface area contributed by atoms with Crippen LogP contribution in [-0.4, -0.2) is 40.3 Å². The highest BCUT2D eigenvalue weighted by molar-refractivity contribution is 8.00. The van der Waals surface area contributed by atoms with E-state index in [1.165, 1.54) is 17.9 Å². The van der Waals surface area contributed by atoms with Crippen LogP contribution in [0.5, 0.6) is 0 Å². The van der Waals surface area contributed by atoms with Crippen LogP contribution in [0.15, 0.2) is 0 Å². The van der Waals surface area contributed by atoms with Gasteiger partial charge in [0.25, 0.3) is 0 Å². The molecule has 1 amide bonds. The number of thioether (sulfide) groups is 1. The molecule has 0 aromatic carbocycles. The molecule has 118 valence electrons. The normalized spacial score (nSPS) is 26.6. The molecule has 1 fully saturated rings. The smallest absolute Gasteiger partial charge is 0.217 e. The summed E-state index contributed by atoms with van der Waals surface area (Å²) in [7, 11) is 1.77. The first-order valence-corrected chi connectivity index (χ1v) is 8.87. The molecule has 0 aromatic rings. The molecule has 5 heteroatoms. The highest BCUT2D eigenvalue weighted by Gasteiger charge is 2.41. The Morgan fingerprint density at radius 3 is 2.55 bits per heavy atom. The van der Waals surface area contributed by atoms with Crippen molar-refractivity contribution in [1.29, 1.82) is 0 Å². The summed E-state index contributed by atoms with van der Waals surface area (Å²) in [6.07, 6.45) is 5.91. The zero-order valence-corrected chi connectivity index (χ0v) is 13.9. The minimum absolute atomic E-state index is 0.200. The summed E-state index contributed by atoms with van der Waals surface area (Å²) < 4.78 is 0. The molecule has 0 spiro atoms. The fraction of sp³-hybridized carbons (Fsp3) is 0.933. The minimum atomic E-state index is -0.200. The van der Waals surface area contributed by atoms with E-state index in [1.807, 2.05) is 11.8 Å². The van der Waals surface area contributed by atoms with Crippen molar-refractivity contribution in [3.63, 3.8) is 0 Å². The first-order chi connectivity index (χ1) is 9.51. The fourth-order valence-electron chi connectivity index (χ4n) is 3.42. The van der Waals surface area contributed by atoms with Gasteiger partial charge in [0, 0.05) is 30.5 Å². The molecule has 0 aromatic heterocycles. The summed E-state index contributed by atoms with van der Waals surface area (Å²) in [4.78, 5) is 10.8. The van der Waals surface area contributed by atoms with Crippen LogP contribution >= 0.6 is 11.8 Å². The van der Waals surface area contributed by atoms with E-state index in [1.54, 1.807) is 7.05 Å². The largest absolute Gasteiger partial charge is 0.370 e. The van der Waals surface area contributed by atoms with E-state index >= 15 is 0 Å². The molecule has 1 heterocycles. The van der Waals surface area contributed by atoms with Crippen molar-refractivity contribution in [1.82, 2.24) is 5.06 Å². The molecule has 3 atom stereocenters. The van der Waals surface area contributed by atoms with Gasteiger partial charge in [0.15, 0.2) is 0 Å². The first kappa shape index (κ1) is 17.8. The quantitative estimate of drug-likeness (QED) is 0.508. The second-order valence-electron chi connectivity index (χ2n) is 5.88. The third-order valence-electron chi connectivity index (χ3n) is 4.59.